The molecular formula is C27H22Cl2F2N2O2. The fourth-order valence-corrected chi connectivity index (χ4v) is 4.76. The lowest BCUT2D eigenvalue weighted by molar-refractivity contribution is 0.337. The molecule has 8 heteroatoms. The van der Waals surface area contributed by atoms with Gasteiger partial charge in [0.25, 0.3) is 0 Å². The Morgan fingerprint density at radius 3 is 2.57 bits per heavy atom. The molecule has 0 N–H and O–H groups in total. The highest BCUT2D eigenvalue weighted by Crippen LogP contribution is 2.42. The quantitative estimate of drug-likeness (QED) is 0.259. The van der Waals surface area contributed by atoms with Crippen LogP contribution in [0.5, 0.6) is 11.5 Å². The summed E-state index contributed by atoms with van der Waals surface area (Å²) in [6, 6.07) is 10.4. The van der Waals surface area contributed by atoms with Crippen molar-refractivity contribution in [3.05, 3.63) is 80.6 Å². The minimum Gasteiger partial charge on any atom is -0.494 e. The molecule has 180 valence electrons. The van der Waals surface area contributed by atoms with E-state index in [9.17, 15) is 8.78 Å². The molecule has 2 aromatic carbocycles. The maximum atomic E-state index is 14.1. The second-order valence-electron chi connectivity index (χ2n) is 8.77. The summed E-state index contributed by atoms with van der Waals surface area (Å²) < 4.78 is 39.4. The number of ether oxygens (including phenoxy) is 2. The first kappa shape index (κ1) is 23.8. The van der Waals surface area contributed by atoms with Crippen LogP contribution < -0.4 is 9.47 Å². The third-order valence-corrected chi connectivity index (χ3v) is 6.94. The number of hydrogen-bond acceptors (Lipinski definition) is 4. The van der Waals surface area contributed by atoms with Gasteiger partial charge in [-0.2, -0.15) is 0 Å². The molecule has 4 aromatic rings. The number of halogens is 4. The molecule has 0 spiro atoms. The summed E-state index contributed by atoms with van der Waals surface area (Å²) in [7, 11) is 1.62. The summed E-state index contributed by atoms with van der Waals surface area (Å²) in [4.78, 5) is 9.34. The van der Waals surface area contributed by atoms with E-state index < -0.39 is 11.6 Å². The van der Waals surface area contributed by atoms with Gasteiger partial charge < -0.3 is 9.47 Å². The second-order valence-corrected chi connectivity index (χ2v) is 9.59. The fourth-order valence-electron chi connectivity index (χ4n) is 4.39. The van der Waals surface area contributed by atoms with Crippen molar-refractivity contribution in [3.8, 4) is 22.8 Å². The van der Waals surface area contributed by atoms with Crippen molar-refractivity contribution in [2.45, 2.75) is 32.6 Å². The lowest BCUT2D eigenvalue weighted by atomic mass is 9.97. The average molecular weight is 515 g/mol. The number of nitrogens with zero attached hydrogens (tertiary/aromatic N) is 2. The van der Waals surface area contributed by atoms with E-state index in [-0.39, 0.29) is 10.9 Å². The first-order valence-corrected chi connectivity index (χ1v) is 12.0. The van der Waals surface area contributed by atoms with E-state index in [0.717, 1.165) is 39.5 Å². The Hall–Kier alpha value is -2.96. The normalized spacial score (nSPS) is 14.8. The predicted molar refractivity (Wildman–Crippen MR) is 134 cm³/mol. The van der Waals surface area contributed by atoms with Crippen LogP contribution in [0.25, 0.3) is 22.2 Å². The molecule has 35 heavy (non-hydrogen) atoms. The van der Waals surface area contributed by atoms with Crippen LogP contribution in [-0.4, -0.2) is 23.7 Å². The van der Waals surface area contributed by atoms with Crippen molar-refractivity contribution in [2.24, 2.45) is 0 Å². The minimum absolute atomic E-state index is 0.156. The highest BCUT2D eigenvalue weighted by Gasteiger charge is 2.27. The number of hydrogen-bond donors (Lipinski definition) is 0. The van der Waals surface area contributed by atoms with E-state index in [1.807, 2.05) is 31.2 Å². The maximum absolute atomic E-state index is 14.1. The molecule has 1 aliphatic rings. The molecule has 4 nitrogen and oxygen atoms in total. The van der Waals surface area contributed by atoms with Crippen molar-refractivity contribution in [1.82, 2.24) is 9.97 Å². The Bertz CT molecular complexity index is 1450. The zero-order chi connectivity index (χ0) is 24.9. The molecule has 0 radical (unpaired) electrons. The van der Waals surface area contributed by atoms with E-state index >= 15 is 0 Å². The molecule has 5 rings (SSSR count). The van der Waals surface area contributed by atoms with Crippen LogP contribution in [0.3, 0.4) is 0 Å². The van der Waals surface area contributed by atoms with Gasteiger partial charge in [0.1, 0.15) is 22.7 Å². The Morgan fingerprint density at radius 1 is 1.03 bits per heavy atom. The van der Waals surface area contributed by atoms with Crippen LogP contribution in [-0.2, 0) is 12.8 Å². The predicted octanol–water partition coefficient (Wildman–Crippen LogP) is 7.48. The van der Waals surface area contributed by atoms with E-state index in [1.54, 1.807) is 7.11 Å². The van der Waals surface area contributed by atoms with Gasteiger partial charge in [0.2, 0.25) is 0 Å². The zero-order valence-corrected chi connectivity index (χ0v) is 20.9. The van der Waals surface area contributed by atoms with E-state index in [2.05, 4.69) is 11.9 Å². The Morgan fingerprint density at radius 2 is 1.83 bits per heavy atom. The number of rotatable bonds is 5. The van der Waals surface area contributed by atoms with E-state index in [1.165, 1.54) is 6.07 Å². The summed E-state index contributed by atoms with van der Waals surface area (Å²) in [6.45, 7) is 4.42. The number of aryl methyl sites for hydroxylation is 3. The first-order valence-electron chi connectivity index (χ1n) is 11.2. The minimum atomic E-state index is -1.08. The van der Waals surface area contributed by atoms with Gasteiger partial charge in [0, 0.05) is 28.1 Å². The highest BCUT2D eigenvalue weighted by molar-refractivity contribution is 6.32. The molecular weight excluding hydrogens is 493 g/mol. The van der Waals surface area contributed by atoms with Crippen molar-refractivity contribution in [3.63, 3.8) is 0 Å². The number of pyridine rings is 2. The van der Waals surface area contributed by atoms with Gasteiger partial charge in [-0.1, -0.05) is 30.1 Å². The summed E-state index contributed by atoms with van der Waals surface area (Å²) in [6.07, 6.45) is 1.29. The second kappa shape index (κ2) is 9.25. The number of fused-ring (bicyclic) bond motifs is 2. The SMILES string of the molecule is COc1cc(CCc2cc3c(c(-c4cc(F)c(F)c(Cl)c4)n2)OCC3C)cc2cc(Cl)c(C)nc12. The lowest BCUT2D eigenvalue weighted by Crippen LogP contribution is -2.01. The molecule has 3 heterocycles. The molecule has 0 bridgehead atoms. The van der Waals surface area contributed by atoms with Crippen LogP contribution in [0.4, 0.5) is 8.78 Å². The molecule has 0 saturated heterocycles. The monoisotopic (exact) mass is 514 g/mol. The van der Waals surface area contributed by atoms with Crippen molar-refractivity contribution in [2.75, 3.05) is 13.7 Å². The summed E-state index contributed by atoms with van der Waals surface area (Å²) in [5.74, 6) is -0.675. The van der Waals surface area contributed by atoms with Crippen LogP contribution in [0.15, 0.2) is 36.4 Å². The molecule has 0 aliphatic carbocycles. The highest BCUT2D eigenvalue weighted by atomic mass is 35.5. The van der Waals surface area contributed by atoms with Crippen LogP contribution in [0.1, 0.15) is 35.4 Å². The summed E-state index contributed by atoms with van der Waals surface area (Å²) in [5, 5.41) is 1.20. The molecule has 1 atom stereocenters. The molecule has 0 amide bonds. The van der Waals surface area contributed by atoms with Gasteiger partial charge >= 0.3 is 0 Å². The van der Waals surface area contributed by atoms with Crippen molar-refractivity contribution in [1.29, 1.82) is 0 Å². The summed E-state index contributed by atoms with van der Waals surface area (Å²) in [5.41, 5.74) is 5.20. The topological polar surface area (TPSA) is 44.2 Å². The van der Waals surface area contributed by atoms with Gasteiger partial charge in [-0.25, -0.2) is 18.7 Å². The average Bonchev–Trinajstić information content (AvgIpc) is 3.21. The largest absolute Gasteiger partial charge is 0.494 e. The van der Waals surface area contributed by atoms with Crippen LogP contribution in [0, 0.1) is 18.6 Å². The lowest BCUT2D eigenvalue weighted by Gasteiger charge is -2.13. The Kier molecular flexibility index (Phi) is 6.28. The third kappa shape index (κ3) is 4.41. The van der Waals surface area contributed by atoms with E-state index in [0.29, 0.717) is 47.2 Å². The zero-order valence-electron chi connectivity index (χ0n) is 19.4. The van der Waals surface area contributed by atoms with Crippen molar-refractivity contribution < 1.29 is 18.3 Å². The molecule has 0 fully saturated rings. The smallest absolute Gasteiger partial charge is 0.177 e. The van der Waals surface area contributed by atoms with Crippen LogP contribution in [0.2, 0.25) is 10.0 Å². The van der Waals surface area contributed by atoms with Crippen LogP contribution >= 0.6 is 23.2 Å². The van der Waals surface area contributed by atoms with Gasteiger partial charge in [-0.05, 0) is 61.7 Å². The van der Waals surface area contributed by atoms with Gasteiger partial charge in [0.05, 0.1) is 29.5 Å². The molecule has 0 saturated carbocycles. The summed E-state index contributed by atoms with van der Waals surface area (Å²) >= 11 is 12.2. The Balaban J connectivity index is 1.52. The molecule has 2 aromatic heterocycles. The van der Waals surface area contributed by atoms with Gasteiger partial charge in [-0.15, -0.1) is 0 Å². The van der Waals surface area contributed by atoms with Crippen molar-refractivity contribution >= 4 is 34.1 Å². The molecule has 1 aliphatic heterocycles. The number of benzene rings is 2. The van der Waals surface area contributed by atoms with Gasteiger partial charge in [0.15, 0.2) is 11.6 Å². The Labute approximate surface area is 211 Å². The first-order chi connectivity index (χ1) is 16.7. The van der Waals surface area contributed by atoms with Gasteiger partial charge in [-0.3, -0.25) is 0 Å². The maximum Gasteiger partial charge on any atom is 0.177 e. The number of aromatic nitrogens is 2. The third-order valence-electron chi connectivity index (χ3n) is 6.28. The number of methoxy groups -OCH3 is 1. The standard InChI is InChI=1S/C27H22Cl2F2N2O2/c1-13-12-35-27-19(13)11-18(33-26(27)17-9-21(29)24(31)22(30)10-17)5-4-15-6-16-8-20(28)14(2)32-25(16)23(7-15)34-3/h6-11,13H,4-5,12H2,1-3H3. The fraction of sp³-hybridized carbons (Fsp3) is 0.259. The molecule has 1 unspecified atom stereocenters. The van der Waals surface area contributed by atoms with E-state index in [4.69, 9.17) is 37.7 Å².